The third kappa shape index (κ3) is 1.88. The SMILES string of the molecule is NC1CCC(O)(c2cccc3ccsc23)CC1. The van der Waals surface area contributed by atoms with Crippen molar-refractivity contribution in [3.05, 3.63) is 35.2 Å². The van der Waals surface area contributed by atoms with E-state index >= 15 is 0 Å². The van der Waals surface area contributed by atoms with E-state index in [0.717, 1.165) is 31.2 Å². The molecule has 1 fully saturated rings. The topological polar surface area (TPSA) is 46.2 Å². The van der Waals surface area contributed by atoms with Crippen molar-refractivity contribution >= 4 is 21.4 Å². The Hall–Kier alpha value is -0.900. The fourth-order valence-electron chi connectivity index (χ4n) is 2.75. The molecule has 3 rings (SSSR count). The number of aliphatic hydroxyl groups is 1. The van der Waals surface area contributed by atoms with Gasteiger partial charge in [0, 0.05) is 16.3 Å². The van der Waals surface area contributed by atoms with Crippen LogP contribution in [0.3, 0.4) is 0 Å². The molecule has 1 aromatic heterocycles. The quantitative estimate of drug-likeness (QED) is 0.813. The summed E-state index contributed by atoms with van der Waals surface area (Å²) >= 11 is 1.72. The Balaban J connectivity index is 2.05. The Morgan fingerprint density at radius 1 is 1.24 bits per heavy atom. The van der Waals surface area contributed by atoms with E-state index in [4.69, 9.17) is 5.73 Å². The summed E-state index contributed by atoms with van der Waals surface area (Å²) in [6.45, 7) is 0. The molecule has 0 amide bonds. The average molecular weight is 247 g/mol. The third-order valence-electron chi connectivity index (χ3n) is 3.84. The summed E-state index contributed by atoms with van der Waals surface area (Å²) in [5.74, 6) is 0. The van der Waals surface area contributed by atoms with E-state index in [2.05, 4.69) is 23.6 Å². The monoisotopic (exact) mass is 247 g/mol. The number of nitrogens with two attached hydrogens (primary N) is 1. The highest BCUT2D eigenvalue weighted by atomic mass is 32.1. The van der Waals surface area contributed by atoms with Crippen molar-refractivity contribution in [3.8, 4) is 0 Å². The molecule has 3 heteroatoms. The molecule has 1 aromatic carbocycles. The van der Waals surface area contributed by atoms with Gasteiger partial charge in [-0.1, -0.05) is 18.2 Å². The van der Waals surface area contributed by atoms with Gasteiger partial charge >= 0.3 is 0 Å². The molecule has 1 heterocycles. The van der Waals surface area contributed by atoms with Crippen LogP contribution in [0.5, 0.6) is 0 Å². The first kappa shape index (κ1) is 11.2. The van der Waals surface area contributed by atoms with Gasteiger partial charge in [-0.25, -0.2) is 0 Å². The Morgan fingerprint density at radius 2 is 2.00 bits per heavy atom. The minimum atomic E-state index is -0.666. The molecule has 90 valence electrons. The van der Waals surface area contributed by atoms with Crippen LogP contribution >= 0.6 is 11.3 Å². The summed E-state index contributed by atoms with van der Waals surface area (Å²) in [6.07, 6.45) is 3.40. The average Bonchev–Trinajstić information content (AvgIpc) is 2.81. The lowest BCUT2D eigenvalue weighted by Gasteiger charge is -2.35. The summed E-state index contributed by atoms with van der Waals surface area (Å²) in [6, 6.07) is 8.58. The molecule has 0 bridgehead atoms. The van der Waals surface area contributed by atoms with Crippen molar-refractivity contribution in [1.29, 1.82) is 0 Å². The molecule has 0 unspecified atom stereocenters. The normalized spacial score (nSPS) is 29.6. The summed E-state index contributed by atoms with van der Waals surface area (Å²) < 4.78 is 1.23. The maximum absolute atomic E-state index is 10.8. The smallest absolute Gasteiger partial charge is 0.0911 e. The zero-order valence-electron chi connectivity index (χ0n) is 9.73. The minimum absolute atomic E-state index is 0.262. The van der Waals surface area contributed by atoms with Crippen LogP contribution in [-0.2, 0) is 5.60 Å². The first-order valence-electron chi connectivity index (χ1n) is 6.14. The van der Waals surface area contributed by atoms with Crippen molar-refractivity contribution < 1.29 is 5.11 Å². The molecule has 1 aliphatic carbocycles. The summed E-state index contributed by atoms with van der Waals surface area (Å²) in [5.41, 5.74) is 6.35. The number of thiophene rings is 1. The van der Waals surface area contributed by atoms with Crippen molar-refractivity contribution in [1.82, 2.24) is 0 Å². The second kappa shape index (κ2) is 4.09. The van der Waals surface area contributed by atoms with Crippen molar-refractivity contribution in [2.75, 3.05) is 0 Å². The van der Waals surface area contributed by atoms with Gasteiger partial charge in [-0.3, -0.25) is 0 Å². The molecule has 0 aliphatic heterocycles. The van der Waals surface area contributed by atoms with E-state index < -0.39 is 5.60 Å². The summed E-state index contributed by atoms with van der Waals surface area (Å²) in [5, 5.41) is 14.1. The first-order chi connectivity index (χ1) is 8.19. The van der Waals surface area contributed by atoms with E-state index in [1.807, 2.05) is 6.07 Å². The van der Waals surface area contributed by atoms with Gasteiger partial charge in [0.05, 0.1) is 5.60 Å². The van der Waals surface area contributed by atoms with Crippen molar-refractivity contribution in [3.63, 3.8) is 0 Å². The molecule has 1 saturated carbocycles. The van der Waals surface area contributed by atoms with Crippen LogP contribution in [0.15, 0.2) is 29.6 Å². The zero-order chi connectivity index (χ0) is 11.9. The van der Waals surface area contributed by atoms with Gasteiger partial charge in [-0.2, -0.15) is 0 Å². The van der Waals surface area contributed by atoms with Gasteiger partial charge in [0.15, 0.2) is 0 Å². The minimum Gasteiger partial charge on any atom is -0.385 e. The van der Waals surface area contributed by atoms with E-state index in [-0.39, 0.29) is 6.04 Å². The van der Waals surface area contributed by atoms with Crippen LogP contribution in [0, 0.1) is 0 Å². The number of rotatable bonds is 1. The zero-order valence-corrected chi connectivity index (χ0v) is 10.5. The highest BCUT2D eigenvalue weighted by molar-refractivity contribution is 7.17. The lowest BCUT2D eigenvalue weighted by atomic mass is 9.78. The first-order valence-corrected chi connectivity index (χ1v) is 7.02. The molecule has 2 aromatic rings. The molecule has 1 aliphatic rings. The van der Waals surface area contributed by atoms with Crippen LogP contribution in [-0.4, -0.2) is 11.1 Å². The lowest BCUT2D eigenvalue weighted by Crippen LogP contribution is -2.36. The Labute approximate surface area is 105 Å². The van der Waals surface area contributed by atoms with Crippen molar-refractivity contribution in [2.45, 2.75) is 37.3 Å². The Kier molecular flexibility index (Phi) is 2.69. The predicted molar refractivity (Wildman–Crippen MR) is 72.2 cm³/mol. The van der Waals surface area contributed by atoms with E-state index in [9.17, 15) is 5.11 Å². The summed E-state index contributed by atoms with van der Waals surface area (Å²) in [7, 11) is 0. The number of hydrogen-bond acceptors (Lipinski definition) is 3. The Bertz CT molecular complexity index is 526. The molecule has 0 atom stereocenters. The molecule has 0 spiro atoms. The van der Waals surface area contributed by atoms with Gasteiger partial charge < -0.3 is 10.8 Å². The highest BCUT2D eigenvalue weighted by Crippen LogP contribution is 2.41. The van der Waals surface area contributed by atoms with Gasteiger partial charge in [0.1, 0.15) is 0 Å². The largest absolute Gasteiger partial charge is 0.385 e. The van der Waals surface area contributed by atoms with Crippen LogP contribution in [0.2, 0.25) is 0 Å². The lowest BCUT2D eigenvalue weighted by molar-refractivity contribution is -0.00346. The second-order valence-corrected chi connectivity index (χ2v) is 5.93. The fourth-order valence-corrected chi connectivity index (χ4v) is 3.75. The molecule has 0 radical (unpaired) electrons. The van der Waals surface area contributed by atoms with E-state index in [1.54, 1.807) is 11.3 Å². The van der Waals surface area contributed by atoms with Gasteiger partial charge in [0.2, 0.25) is 0 Å². The van der Waals surface area contributed by atoms with Gasteiger partial charge in [-0.05, 0) is 42.5 Å². The third-order valence-corrected chi connectivity index (χ3v) is 4.80. The van der Waals surface area contributed by atoms with Gasteiger partial charge in [-0.15, -0.1) is 11.3 Å². The maximum Gasteiger partial charge on any atom is 0.0911 e. The molecule has 3 N–H and O–H groups in total. The second-order valence-electron chi connectivity index (χ2n) is 5.01. The molecular formula is C14H17NOS. The summed E-state index contributed by atoms with van der Waals surface area (Å²) in [4.78, 5) is 0. The van der Waals surface area contributed by atoms with Gasteiger partial charge in [0.25, 0.3) is 0 Å². The number of fused-ring (bicyclic) bond motifs is 1. The van der Waals surface area contributed by atoms with Crippen LogP contribution in [0.4, 0.5) is 0 Å². The van der Waals surface area contributed by atoms with Crippen LogP contribution < -0.4 is 5.73 Å². The molecule has 2 nitrogen and oxygen atoms in total. The maximum atomic E-state index is 10.8. The molecule has 17 heavy (non-hydrogen) atoms. The van der Waals surface area contributed by atoms with Crippen LogP contribution in [0.25, 0.3) is 10.1 Å². The van der Waals surface area contributed by atoms with Crippen LogP contribution in [0.1, 0.15) is 31.2 Å². The molecule has 0 saturated heterocycles. The van der Waals surface area contributed by atoms with E-state index in [1.165, 1.54) is 10.1 Å². The van der Waals surface area contributed by atoms with E-state index in [0.29, 0.717) is 0 Å². The predicted octanol–water partition coefficient (Wildman–Crippen LogP) is 2.99. The molecular weight excluding hydrogens is 230 g/mol. The number of benzene rings is 1. The highest BCUT2D eigenvalue weighted by Gasteiger charge is 2.35. The van der Waals surface area contributed by atoms with Crippen molar-refractivity contribution in [2.24, 2.45) is 5.73 Å². The number of hydrogen-bond donors (Lipinski definition) is 2. The fraction of sp³-hybridized carbons (Fsp3) is 0.429. The Morgan fingerprint density at radius 3 is 2.76 bits per heavy atom. The standard InChI is InChI=1S/C14H17NOS/c15-11-4-7-14(16,8-5-11)12-3-1-2-10-6-9-17-13(10)12/h1-3,6,9,11,16H,4-5,7-8,15H2.